The monoisotopic (exact) mass is 260 g/mol. The Kier molecular flexibility index (Phi) is 4.66. The van der Waals surface area contributed by atoms with Crippen molar-refractivity contribution in [2.24, 2.45) is 0 Å². The number of hydrogen-bond acceptors (Lipinski definition) is 3. The third-order valence-corrected chi connectivity index (χ3v) is 3.43. The summed E-state index contributed by atoms with van der Waals surface area (Å²) >= 11 is 0. The van der Waals surface area contributed by atoms with Crippen molar-refractivity contribution in [1.82, 2.24) is 9.88 Å². The Morgan fingerprint density at radius 2 is 1.95 bits per heavy atom. The normalized spacial score (nSPS) is 15.3. The third-order valence-electron chi connectivity index (χ3n) is 3.43. The Bertz CT molecular complexity index is 448. The fourth-order valence-corrected chi connectivity index (χ4v) is 2.32. The molecule has 19 heavy (non-hydrogen) atoms. The van der Waals surface area contributed by atoms with Gasteiger partial charge in [0.1, 0.15) is 5.78 Å². The molecule has 2 heterocycles. The first-order valence-corrected chi connectivity index (χ1v) is 6.86. The van der Waals surface area contributed by atoms with Crippen molar-refractivity contribution in [2.45, 2.75) is 39.0 Å². The molecule has 1 aromatic heterocycles. The zero-order chi connectivity index (χ0) is 13.7. The lowest BCUT2D eigenvalue weighted by Gasteiger charge is -2.26. The zero-order valence-electron chi connectivity index (χ0n) is 11.4. The van der Waals surface area contributed by atoms with E-state index < -0.39 is 0 Å². The van der Waals surface area contributed by atoms with E-state index in [2.05, 4.69) is 4.98 Å². The summed E-state index contributed by atoms with van der Waals surface area (Å²) in [5, 5.41) is 0. The number of rotatable bonds is 4. The molecule has 1 aliphatic heterocycles. The second kappa shape index (κ2) is 6.45. The van der Waals surface area contributed by atoms with Crippen LogP contribution in [0, 0.1) is 6.92 Å². The molecule has 102 valence electrons. The number of amides is 1. The molecular weight excluding hydrogens is 240 g/mol. The highest BCUT2D eigenvalue weighted by Crippen LogP contribution is 2.11. The number of hydrogen-bond donors (Lipinski definition) is 0. The minimum absolute atomic E-state index is 0.0217. The first kappa shape index (κ1) is 13.7. The van der Waals surface area contributed by atoms with Crippen LogP contribution in [0.1, 0.15) is 36.9 Å². The summed E-state index contributed by atoms with van der Waals surface area (Å²) in [4.78, 5) is 29.8. The van der Waals surface area contributed by atoms with Crippen LogP contribution in [0.2, 0.25) is 0 Å². The molecule has 0 aliphatic carbocycles. The Morgan fingerprint density at radius 3 is 2.58 bits per heavy atom. The van der Waals surface area contributed by atoms with Crippen molar-refractivity contribution in [1.29, 1.82) is 0 Å². The molecule has 0 radical (unpaired) electrons. The molecule has 0 bridgehead atoms. The van der Waals surface area contributed by atoms with Gasteiger partial charge in [-0.1, -0.05) is 6.07 Å². The second-order valence-electron chi connectivity index (χ2n) is 5.14. The number of pyridine rings is 1. The number of ketones is 1. The lowest BCUT2D eigenvalue weighted by molar-refractivity contribution is -0.135. The molecule has 2 rings (SSSR count). The van der Waals surface area contributed by atoms with Gasteiger partial charge in [-0.05, 0) is 37.8 Å². The van der Waals surface area contributed by atoms with Gasteiger partial charge in [-0.25, -0.2) is 0 Å². The van der Waals surface area contributed by atoms with E-state index in [9.17, 15) is 9.59 Å². The smallest absolute Gasteiger partial charge is 0.230 e. The number of aromatic nitrogens is 1. The van der Waals surface area contributed by atoms with E-state index in [-0.39, 0.29) is 18.1 Å². The Labute approximate surface area is 113 Å². The van der Waals surface area contributed by atoms with Crippen LogP contribution in [0.5, 0.6) is 0 Å². The van der Waals surface area contributed by atoms with Gasteiger partial charge in [0.2, 0.25) is 5.91 Å². The number of likely N-dealkylation sites (tertiary alicyclic amines) is 1. The average molecular weight is 260 g/mol. The van der Waals surface area contributed by atoms with Crippen LogP contribution < -0.4 is 0 Å². The van der Waals surface area contributed by atoms with Gasteiger partial charge in [0, 0.05) is 31.4 Å². The maximum atomic E-state index is 11.9. The summed E-state index contributed by atoms with van der Waals surface area (Å²) in [7, 11) is 0. The molecule has 0 N–H and O–H groups in total. The van der Waals surface area contributed by atoms with E-state index in [0.29, 0.717) is 6.42 Å². The fraction of sp³-hybridized carbons (Fsp3) is 0.533. The van der Waals surface area contributed by atoms with Gasteiger partial charge < -0.3 is 4.90 Å². The lowest BCUT2D eigenvalue weighted by Crippen LogP contribution is -2.36. The second-order valence-corrected chi connectivity index (χ2v) is 5.14. The van der Waals surface area contributed by atoms with Gasteiger partial charge in [0.25, 0.3) is 0 Å². The molecule has 4 heteroatoms. The Hall–Kier alpha value is -1.71. The van der Waals surface area contributed by atoms with Gasteiger partial charge in [-0.15, -0.1) is 0 Å². The highest BCUT2D eigenvalue weighted by Gasteiger charge is 2.19. The maximum absolute atomic E-state index is 11.9. The predicted molar refractivity (Wildman–Crippen MR) is 72.7 cm³/mol. The molecule has 0 spiro atoms. The van der Waals surface area contributed by atoms with Crippen LogP contribution in [0.25, 0.3) is 0 Å². The van der Waals surface area contributed by atoms with Gasteiger partial charge in [-0.2, -0.15) is 0 Å². The standard InChI is InChI=1S/C15H20N2O2/c1-12-5-6-13(11-16-12)9-14(18)10-15(19)17-7-3-2-4-8-17/h5-6,11H,2-4,7-10H2,1H3. The van der Waals surface area contributed by atoms with Gasteiger partial charge >= 0.3 is 0 Å². The van der Waals surface area contributed by atoms with E-state index in [4.69, 9.17) is 0 Å². The van der Waals surface area contributed by atoms with Crippen molar-refractivity contribution >= 4 is 11.7 Å². The number of aryl methyl sites for hydroxylation is 1. The van der Waals surface area contributed by atoms with Crippen LogP contribution in [0.3, 0.4) is 0 Å². The summed E-state index contributed by atoms with van der Waals surface area (Å²) in [6.45, 7) is 3.52. The number of piperidine rings is 1. The minimum atomic E-state index is -0.0266. The molecule has 1 saturated heterocycles. The molecule has 0 aromatic carbocycles. The van der Waals surface area contributed by atoms with E-state index in [0.717, 1.165) is 37.2 Å². The Balaban J connectivity index is 1.83. The van der Waals surface area contributed by atoms with Crippen molar-refractivity contribution in [3.05, 3.63) is 29.6 Å². The van der Waals surface area contributed by atoms with Crippen LogP contribution >= 0.6 is 0 Å². The summed E-state index contributed by atoms with van der Waals surface area (Å²) in [6.07, 6.45) is 5.33. The van der Waals surface area contributed by atoms with E-state index in [1.165, 1.54) is 6.42 Å². The summed E-state index contributed by atoms with van der Waals surface area (Å²) < 4.78 is 0. The predicted octanol–water partition coefficient (Wildman–Crippen LogP) is 1.90. The molecule has 1 fully saturated rings. The van der Waals surface area contributed by atoms with Crippen LogP contribution in [0.4, 0.5) is 0 Å². The van der Waals surface area contributed by atoms with Gasteiger partial charge in [0.15, 0.2) is 0 Å². The highest BCUT2D eigenvalue weighted by atomic mass is 16.2. The Morgan fingerprint density at radius 1 is 1.21 bits per heavy atom. The van der Waals surface area contributed by atoms with Gasteiger partial charge in [-0.3, -0.25) is 14.6 Å². The highest BCUT2D eigenvalue weighted by molar-refractivity contribution is 5.98. The largest absolute Gasteiger partial charge is 0.342 e. The molecular formula is C15H20N2O2. The van der Waals surface area contributed by atoms with E-state index >= 15 is 0 Å². The van der Waals surface area contributed by atoms with Crippen LogP contribution in [0.15, 0.2) is 18.3 Å². The third kappa shape index (κ3) is 4.16. The molecule has 1 amide bonds. The van der Waals surface area contributed by atoms with Gasteiger partial charge in [0.05, 0.1) is 6.42 Å². The number of carbonyl (C=O) groups excluding carboxylic acids is 2. The molecule has 0 saturated carbocycles. The van der Waals surface area contributed by atoms with Crippen LogP contribution in [-0.4, -0.2) is 34.7 Å². The molecule has 4 nitrogen and oxygen atoms in total. The molecule has 1 aliphatic rings. The summed E-state index contributed by atoms with van der Waals surface area (Å²) in [6, 6.07) is 3.78. The van der Waals surface area contributed by atoms with Crippen LogP contribution in [-0.2, 0) is 16.0 Å². The molecule has 0 atom stereocenters. The SMILES string of the molecule is Cc1ccc(CC(=O)CC(=O)N2CCCCC2)cn1. The number of nitrogens with zero attached hydrogens (tertiary/aromatic N) is 2. The summed E-state index contributed by atoms with van der Waals surface area (Å²) in [5.74, 6) is -0.0500. The molecule has 0 unspecified atom stereocenters. The maximum Gasteiger partial charge on any atom is 0.230 e. The fourth-order valence-electron chi connectivity index (χ4n) is 2.32. The number of Topliss-reactive ketones (excluding diaryl/α,β-unsaturated/α-hetero) is 1. The summed E-state index contributed by atoms with van der Waals surface area (Å²) in [5.41, 5.74) is 1.81. The first-order chi connectivity index (χ1) is 9.15. The van der Waals surface area contributed by atoms with Crippen molar-refractivity contribution < 1.29 is 9.59 Å². The van der Waals surface area contributed by atoms with Crippen molar-refractivity contribution in [2.75, 3.05) is 13.1 Å². The molecule has 1 aromatic rings. The number of carbonyl (C=O) groups is 2. The van der Waals surface area contributed by atoms with E-state index in [1.54, 1.807) is 6.20 Å². The first-order valence-electron chi connectivity index (χ1n) is 6.86. The zero-order valence-corrected chi connectivity index (χ0v) is 11.4. The topological polar surface area (TPSA) is 50.3 Å². The van der Waals surface area contributed by atoms with E-state index in [1.807, 2.05) is 24.0 Å². The van der Waals surface area contributed by atoms with Crippen molar-refractivity contribution in [3.8, 4) is 0 Å². The quantitative estimate of drug-likeness (QED) is 0.777. The lowest BCUT2D eigenvalue weighted by atomic mass is 10.1. The minimum Gasteiger partial charge on any atom is -0.342 e. The van der Waals surface area contributed by atoms with Crippen molar-refractivity contribution in [3.63, 3.8) is 0 Å². The average Bonchev–Trinajstić information content (AvgIpc) is 2.42.